The van der Waals surface area contributed by atoms with E-state index >= 15 is 0 Å². The average molecular weight is 574 g/mol. The third kappa shape index (κ3) is 5.76. The Morgan fingerprint density at radius 1 is 0.975 bits per heavy atom. The third-order valence-electron chi connectivity index (χ3n) is 8.35. The fourth-order valence-electron chi connectivity index (χ4n) is 6.47. The van der Waals surface area contributed by atoms with Gasteiger partial charge < -0.3 is 25.4 Å². The third-order valence-corrected chi connectivity index (χ3v) is 9.27. The van der Waals surface area contributed by atoms with Crippen LogP contribution in [-0.4, -0.2) is 41.0 Å². The molecular weight excluding hydrogens is 539 g/mol. The summed E-state index contributed by atoms with van der Waals surface area (Å²) in [6.45, 7) is 2.38. The van der Waals surface area contributed by atoms with Crippen molar-refractivity contribution in [1.82, 2.24) is 9.88 Å². The first kappa shape index (κ1) is 26.9. The van der Waals surface area contributed by atoms with Gasteiger partial charge in [0.2, 0.25) is 0 Å². The van der Waals surface area contributed by atoms with Crippen LogP contribution >= 0.6 is 24.0 Å². The number of thioether (sulfide) groups is 1. The molecule has 2 bridgehead atoms. The molecule has 208 valence electrons. The van der Waals surface area contributed by atoms with Gasteiger partial charge in [0, 0.05) is 59.5 Å². The first-order valence-electron chi connectivity index (χ1n) is 14.1. The van der Waals surface area contributed by atoms with Crippen molar-refractivity contribution in [2.75, 3.05) is 34.9 Å². The summed E-state index contributed by atoms with van der Waals surface area (Å²) in [5, 5.41) is 10.4. The molecule has 9 heteroatoms. The van der Waals surface area contributed by atoms with Crippen LogP contribution in [0.25, 0.3) is 0 Å². The zero-order valence-electron chi connectivity index (χ0n) is 22.7. The minimum Gasteiger partial charge on any atom is -0.369 e. The van der Waals surface area contributed by atoms with Crippen LogP contribution < -0.4 is 26.4 Å². The fourth-order valence-corrected chi connectivity index (χ4v) is 7.16. The molecule has 2 atom stereocenters. The first-order chi connectivity index (χ1) is 19.5. The zero-order valence-corrected chi connectivity index (χ0v) is 24.3. The predicted molar refractivity (Wildman–Crippen MR) is 168 cm³/mol. The molecule has 2 fully saturated rings. The van der Waals surface area contributed by atoms with Crippen LogP contribution in [0.2, 0.25) is 0 Å². The Morgan fingerprint density at radius 3 is 2.62 bits per heavy atom. The number of benzene rings is 2. The number of amides is 1. The Morgan fingerprint density at radius 2 is 1.80 bits per heavy atom. The Labute approximate surface area is 244 Å². The lowest BCUT2D eigenvalue weighted by Crippen LogP contribution is -2.47. The highest BCUT2D eigenvalue weighted by molar-refractivity contribution is 7.98. The van der Waals surface area contributed by atoms with E-state index in [0.29, 0.717) is 16.6 Å². The lowest BCUT2D eigenvalue weighted by atomic mass is 9.83. The molecule has 2 unspecified atom stereocenters. The number of rotatable bonds is 6. The average Bonchev–Trinajstić information content (AvgIpc) is 3.46. The second-order valence-corrected chi connectivity index (χ2v) is 12.4. The van der Waals surface area contributed by atoms with E-state index in [1.54, 1.807) is 17.8 Å². The smallest absolute Gasteiger partial charge is 0.251 e. The summed E-state index contributed by atoms with van der Waals surface area (Å²) >= 11 is 7.43. The molecule has 1 aromatic heterocycles. The highest BCUT2D eigenvalue weighted by Crippen LogP contribution is 2.39. The number of fused-ring (bicyclic) bond motifs is 4. The van der Waals surface area contributed by atoms with Crippen molar-refractivity contribution in [3.8, 4) is 0 Å². The van der Waals surface area contributed by atoms with Crippen molar-refractivity contribution in [2.45, 2.75) is 55.5 Å². The number of hydrogen-bond acceptors (Lipinski definition) is 5. The van der Waals surface area contributed by atoms with Gasteiger partial charge in [0.05, 0.1) is 11.4 Å². The summed E-state index contributed by atoms with van der Waals surface area (Å²) in [6, 6.07) is 19.9. The van der Waals surface area contributed by atoms with Crippen molar-refractivity contribution >= 4 is 52.1 Å². The molecule has 1 saturated heterocycles. The number of nitrogens with zero attached hydrogens (tertiary/aromatic N) is 2. The molecule has 2 aliphatic heterocycles. The number of carbonyl (C=O) groups excluding carboxylic acids is 1. The molecular formula is C31H35N5O2S2. The van der Waals surface area contributed by atoms with Gasteiger partial charge in [-0.1, -0.05) is 25.0 Å². The normalized spacial score (nSPS) is 20.1. The van der Waals surface area contributed by atoms with E-state index in [-0.39, 0.29) is 23.4 Å². The van der Waals surface area contributed by atoms with Gasteiger partial charge in [-0.3, -0.25) is 9.59 Å². The highest BCUT2D eigenvalue weighted by Gasteiger charge is 2.35. The lowest BCUT2D eigenvalue weighted by molar-refractivity contribution is 0.0938. The summed E-state index contributed by atoms with van der Waals surface area (Å²) in [5.41, 5.74) is 4.56. The van der Waals surface area contributed by atoms with Gasteiger partial charge in [-0.05, 0) is 86.1 Å². The van der Waals surface area contributed by atoms with Gasteiger partial charge in [-0.15, -0.1) is 11.8 Å². The Balaban J connectivity index is 1.28. The molecule has 40 heavy (non-hydrogen) atoms. The van der Waals surface area contributed by atoms with E-state index in [1.165, 1.54) is 12.8 Å². The van der Waals surface area contributed by atoms with Gasteiger partial charge in [0.15, 0.2) is 5.11 Å². The van der Waals surface area contributed by atoms with E-state index in [1.807, 2.05) is 47.2 Å². The Hall–Kier alpha value is -3.30. The second kappa shape index (κ2) is 11.7. The predicted octanol–water partition coefficient (Wildman–Crippen LogP) is 5.68. The van der Waals surface area contributed by atoms with Gasteiger partial charge >= 0.3 is 0 Å². The summed E-state index contributed by atoms with van der Waals surface area (Å²) in [7, 11) is 0. The van der Waals surface area contributed by atoms with E-state index in [2.05, 4.69) is 39.0 Å². The number of nitrogens with one attached hydrogen (secondary N) is 3. The van der Waals surface area contributed by atoms with Crippen molar-refractivity contribution in [3.05, 3.63) is 82.3 Å². The minimum absolute atomic E-state index is 0.0446. The van der Waals surface area contributed by atoms with Gasteiger partial charge in [-0.25, -0.2) is 0 Å². The molecule has 1 amide bonds. The van der Waals surface area contributed by atoms with Crippen LogP contribution in [0.5, 0.6) is 0 Å². The van der Waals surface area contributed by atoms with E-state index < -0.39 is 0 Å². The lowest BCUT2D eigenvalue weighted by Gasteiger charge is -2.44. The maximum absolute atomic E-state index is 13.2. The first-order valence-corrected chi connectivity index (χ1v) is 15.7. The van der Waals surface area contributed by atoms with Crippen LogP contribution in [0.3, 0.4) is 0 Å². The summed E-state index contributed by atoms with van der Waals surface area (Å²) in [6.07, 6.45) is 7.54. The zero-order chi connectivity index (χ0) is 27.6. The summed E-state index contributed by atoms with van der Waals surface area (Å²) in [4.78, 5) is 29.2. The quantitative estimate of drug-likeness (QED) is 0.259. The van der Waals surface area contributed by atoms with Gasteiger partial charge in [-0.2, -0.15) is 0 Å². The number of piperidine rings is 1. The Bertz CT molecular complexity index is 1480. The van der Waals surface area contributed by atoms with Crippen LogP contribution in [0, 0.1) is 5.92 Å². The van der Waals surface area contributed by atoms with E-state index in [4.69, 9.17) is 12.2 Å². The van der Waals surface area contributed by atoms with Crippen molar-refractivity contribution in [1.29, 1.82) is 0 Å². The number of anilines is 3. The largest absolute Gasteiger partial charge is 0.369 e. The molecule has 1 saturated carbocycles. The molecule has 6 rings (SSSR count). The number of thiocarbonyl (C=S) groups is 1. The van der Waals surface area contributed by atoms with Crippen LogP contribution in [-0.2, 0) is 6.54 Å². The molecule has 7 nitrogen and oxygen atoms in total. The molecule has 3 aromatic rings. The highest BCUT2D eigenvalue weighted by atomic mass is 32.2. The monoisotopic (exact) mass is 573 g/mol. The fraction of sp³-hybridized carbons (Fsp3) is 0.387. The molecule has 2 aromatic carbocycles. The van der Waals surface area contributed by atoms with Gasteiger partial charge in [0.1, 0.15) is 0 Å². The topological polar surface area (TPSA) is 78.4 Å². The molecule has 3 aliphatic rings. The second-order valence-electron chi connectivity index (χ2n) is 11.1. The molecule has 0 radical (unpaired) electrons. The summed E-state index contributed by atoms with van der Waals surface area (Å²) in [5.74, 6) is 0.611. The summed E-state index contributed by atoms with van der Waals surface area (Å²) < 4.78 is 1.95. The van der Waals surface area contributed by atoms with Crippen molar-refractivity contribution in [3.63, 3.8) is 0 Å². The molecule has 3 N–H and O–H groups in total. The molecule has 3 heterocycles. The number of aromatic nitrogens is 1. The number of hydrogen-bond donors (Lipinski definition) is 3. The maximum atomic E-state index is 13.2. The van der Waals surface area contributed by atoms with Crippen molar-refractivity contribution in [2.24, 2.45) is 5.92 Å². The Kier molecular flexibility index (Phi) is 7.85. The van der Waals surface area contributed by atoms with Crippen LogP contribution in [0.4, 0.5) is 17.1 Å². The maximum Gasteiger partial charge on any atom is 0.251 e. The van der Waals surface area contributed by atoms with Crippen LogP contribution in [0.15, 0.2) is 70.4 Å². The van der Waals surface area contributed by atoms with Crippen molar-refractivity contribution < 1.29 is 4.79 Å². The number of carbonyl (C=O) groups is 1. The van der Waals surface area contributed by atoms with Crippen LogP contribution in [0.1, 0.15) is 54.1 Å². The van der Waals surface area contributed by atoms with Gasteiger partial charge in [0.25, 0.3) is 11.5 Å². The standard InChI is InChI=1S/C31H35N5O2S2/c1-40-25-9-4-8-24(16-25)33-31(39)34-26-15-21(30(38)32-23-6-2-3-7-23)12-13-28(26)35-17-20-14-22(19-35)27-10-5-11-29(37)36(27)18-20/h4-5,8-13,15-16,20,22-23H,2-3,6-7,14,17-19H2,1H3,(H,32,38)(H2,33,34,39). The minimum atomic E-state index is -0.0446. The molecule has 0 spiro atoms. The molecule has 1 aliphatic carbocycles. The van der Waals surface area contributed by atoms with E-state index in [0.717, 1.165) is 66.5 Å². The SMILES string of the molecule is CSc1cccc(NC(=S)Nc2cc(C(=O)NC3CCCC3)ccc2N2CC3CC(C2)c2cccc(=O)n2C3)c1. The number of pyridine rings is 1. The van der Waals surface area contributed by atoms with E-state index in [9.17, 15) is 9.59 Å².